The van der Waals surface area contributed by atoms with Crippen molar-refractivity contribution in [1.82, 2.24) is 0 Å². The Morgan fingerprint density at radius 2 is 1.64 bits per heavy atom. The van der Waals surface area contributed by atoms with Crippen LogP contribution in [0.1, 0.15) is 13.8 Å². The molecule has 0 saturated carbocycles. The summed E-state index contributed by atoms with van der Waals surface area (Å²) < 4.78 is 48.7. The molecule has 2 aromatic carbocycles. The van der Waals surface area contributed by atoms with Gasteiger partial charge in [0, 0.05) is 24.1 Å². The van der Waals surface area contributed by atoms with Crippen molar-refractivity contribution in [2.75, 3.05) is 13.2 Å². The first-order valence-electron chi connectivity index (χ1n) is 8.13. The standard InChI is InChI=1S/C19H20F2O4/c1-12(2)19-23-11-18(25-19)10-22-15-3-5-16(6-4-15)24-17-8-13(20)7-14(21)9-17/h3-9,12,18-19H,10-11H2,1-2H3. The fraction of sp³-hybridized carbons (Fsp3) is 0.368. The lowest BCUT2D eigenvalue weighted by molar-refractivity contribution is -0.0914. The predicted molar refractivity (Wildman–Crippen MR) is 87.8 cm³/mol. The first-order chi connectivity index (χ1) is 12.0. The Kier molecular flexibility index (Phi) is 5.50. The average molecular weight is 350 g/mol. The maximum absolute atomic E-state index is 13.2. The summed E-state index contributed by atoms with van der Waals surface area (Å²) in [6, 6.07) is 9.82. The van der Waals surface area contributed by atoms with Gasteiger partial charge in [-0.05, 0) is 24.3 Å². The van der Waals surface area contributed by atoms with E-state index in [2.05, 4.69) is 0 Å². The van der Waals surface area contributed by atoms with Crippen molar-refractivity contribution in [2.24, 2.45) is 5.92 Å². The van der Waals surface area contributed by atoms with E-state index in [-0.39, 0.29) is 18.1 Å². The molecular weight excluding hydrogens is 330 g/mol. The SMILES string of the molecule is CC(C)C1OCC(COc2ccc(Oc3cc(F)cc(F)c3)cc2)O1. The zero-order valence-corrected chi connectivity index (χ0v) is 14.1. The van der Waals surface area contributed by atoms with E-state index in [1.165, 1.54) is 0 Å². The van der Waals surface area contributed by atoms with Crippen LogP contribution in [0.2, 0.25) is 0 Å². The maximum atomic E-state index is 13.2. The number of halogens is 2. The van der Waals surface area contributed by atoms with Crippen molar-refractivity contribution in [3.63, 3.8) is 0 Å². The van der Waals surface area contributed by atoms with Crippen molar-refractivity contribution in [3.05, 3.63) is 54.1 Å². The molecule has 1 heterocycles. The third kappa shape index (κ3) is 4.90. The number of rotatable bonds is 6. The van der Waals surface area contributed by atoms with Gasteiger partial charge in [0.1, 0.15) is 41.6 Å². The Balaban J connectivity index is 1.52. The van der Waals surface area contributed by atoms with Crippen molar-refractivity contribution >= 4 is 0 Å². The molecule has 2 atom stereocenters. The van der Waals surface area contributed by atoms with Gasteiger partial charge in [-0.1, -0.05) is 13.8 Å². The van der Waals surface area contributed by atoms with Gasteiger partial charge in [0.2, 0.25) is 0 Å². The molecule has 0 amide bonds. The summed E-state index contributed by atoms with van der Waals surface area (Å²) in [5, 5.41) is 0. The third-order valence-corrected chi connectivity index (χ3v) is 3.65. The van der Waals surface area contributed by atoms with E-state index in [0.717, 1.165) is 18.2 Å². The van der Waals surface area contributed by atoms with Crippen molar-refractivity contribution in [1.29, 1.82) is 0 Å². The first-order valence-corrected chi connectivity index (χ1v) is 8.13. The lowest BCUT2D eigenvalue weighted by Gasteiger charge is -2.15. The van der Waals surface area contributed by atoms with Crippen LogP contribution in [0.3, 0.4) is 0 Å². The topological polar surface area (TPSA) is 36.9 Å². The molecule has 2 aromatic rings. The summed E-state index contributed by atoms with van der Waals surface area (Å²) in [4.78, 5) is 0. The van der Waals surface area contributed by atoms with Crippen molar-refractivity contribution in [2.45, 2.75) is 26.2 Å². The van der Waals surface area contributed by atoms with Crippen LogP contribution in [-0.2, 0) is 9.47 Å². The van der Waals surface area contributed by atoms with Crippen LogP contribution in [0.5, 0.6) is 17.2 Å². The molecule has 0 bridgehead atoms. The highest BCUT2D eigenvalue weighted by Crippen LogP contribution is 2.26. The fourth-order valence-electron chi connectivity index (χ4n) is 2.42. The molecule has 0 N–H and O–H groups in total. The van der Waals surface area contributed by atoms with Gasteiger partial charge in [0.05, 0.1) is 6.61 Å². The van der Waals surface area contributed by atoms with Gasteiger partial charge in [0.15, 0.2) is 6.29 Å². The van der Waals surface area contributed by atoms with Crippen molar-refractivity contribution in [3.8, 4) is 17.2 Å². The van der Waals surface area contributed by atoms with Crippen LogP contribution in [0.25, 0.3) is 0 Å². The molecule has 6 heteroatoms. The molecule has 25 heavy (non-hydrogen) atoms. The second-order valence-electron chi connectivity index (χ2n) is 6.19. The minimum absolute atomic E-state index is 0.0985. The summed E-state index contributed by atoms with van der Waals surface area (Å²) in [5.41, 5.74) is 0. The van der Waals surface area contributed by atoms with E-state index in [4.69, 9.17) is 18.9 Å². The summed E-state index contributed by atoms with van der Waals surface area (Å²) in [5.74, 6) is 0.130. The van der Waals surface area contributed by atoms with Gasteiger partial charge >= 0.3 is 0 Å². The van der Waals surface area contributed by atoms with E-state index >= 15 is 0 Å². The van der Waals surface area contributed by atoms with Gasteiger partial charge in [-0.3, -0.25) is 0 Å². The Morgan fingerprint density at radius 3 is 2.24 bits per heavy atom. The van der Waals surface area contributed by atoms with Gasteiger partial charge in [-0.25, -0.2) is 8.78 Å². The van der Waals surface area contributed by atoms with E-state index in [0.29, 0.717) is 30.6 Å². The lowest BCUT2D eigenvalue weighted by Crippen LogP contribution is -2.22. The van der Waals surface area contributed by atoms with E-state index in [1.54, 1.807) is 24.3 Å². The molecule has 1 aliphatic heterocycles. The maximum Gasteiger partial charge on any atom is 0.160 e. The number of ether oxygens (including phenoxy) is 4. The Morgan fingerprint density at radius 1 is 1.00 bits per heavy atom. The molecule has 4 nitrogen and oxygen atoms in total. The number of hydrogen-bond acceptors (Lipinski definition) is 4. The molecule has 1 aliphatic rings. The molecule has 2 unspecified atom stereocenters. The highest BCUT2D eigenvalue weighted by Gasteiger charge is 2.28. The predicted octanol–water partition coefficient (Wildman–Crippen LogP) is 4.53. The molecule has 0 aliphatic carbocycles. The Labute approximate surface area is 145 Å². The monoisotopic (exact) mass is 350 g/mol. The summed E-state index contributed by atoms with van der Waals surface area (Å²) in [6.45, 7) is 4.97. The second kappa shape index (κ2) is 7.80. The van der Waals surface area contributed by atoms with E-state index in [1.807, 2.05) is 13.8 Å². The largest absolute Gasteiger partial charge is 0.491 e. The van der Waals surface area contributed by atoms with Crippen LogP contribution in [0.15, 0.2) is 42.5 Å². The molecule has 3 rings (SSSR count). The lowest BCUT2D eigenvalue weighted by atomic mass is 10.2. The highest BCUT2D eigenvalue weighted by molar-refractivity contribution is 5.35. The average Bonchev–Trinajstić information content (AvgIpc) is 3.02. The molecule has 1 saturated heterocycles. The molecule has 134 valence electrons. The van der Waals surface area contributed by atoms with Crippen molar-refractivity contribution < 1.29 is 27.7 Å². The zero-order valence-electron chi connectivity index (χ0n) is 14.1. The minimum Gasteiger partial charge on any atom is -0.491 e. The van der Waals surface area contributed by atoms with Gasteiger partial charge in [0.25, 0.3) is 0 Å². The van der Waals surface area contributed by atoms with E-state index in [9.17, 15) is 8.78 Å². The number of hydrogen-bond donors (Lipinski definition) is 0. The Hall–Kier alpha value is -2.18. The molecule has 0 radical (unpaired) electrons. The first kappa shape index (κ1) is 17.6. The fourth-order valence-corrected chi connectivity index (χ4v) is 2.42. The van der Waals surface area contributed by atoms with Gasteiger partial charge in [-0.2, -0.15) is 0 Å². The normalized spacial score (nSPS) is 20.0. The molecule has 0 aromatic heterocycles. The van der Waals surface area contributed by atoms with Gasteiger partial charge in [-0.15, -0.1) is 0 Å². The Bertz CT molecular complexity index is 683. The van der Waals surface area contributed by atoms with Crippen LogP contribution in [-0.4, -0.2) is 25.6 Å². The zero-order chi connectivity index (χ0) is 17.8. The summed E-state index contributed by atoms with van der Waals surface area (Å²) >= 11 is 0. The minimum atomic E-state index is -0.687. The molecule has 0 spiro atoms. The summed E-state index contributed by atoms with van der Waals surface area (Å²) in [6.07, 6.45) is -0.283. The number of benzene rings is 2. The second-order valence-corrected chi connectivity index (χ2v) is 6.19. The van der Waals surface area contributed by atoms with Crippen LogP contribution >= 0.6 is 0 Å². The smallest absolute Gasteiger partial charge is 0.160 e. The van der Waals surface area contributed by atoms with Crippen LogP contribution < -0.4 is 9.47 Å². The highest BCUT2D eigenvalue weighted by atomic mass is 19.1. The van der Waals surface area contributed by atoms with Crippen LogP contribution in [0, 0.1) is 17.6 Å². The van der Waals surface area contributed by atoms with E-state index < -0.39 is 11.6 Å². The van der Waals surface area contributed by atoms with Crippen LogP contribution in [0.4, 0.5) is 8.78 Å². The molecular formula is C19H20F2O4. The molecule has 1 fully saturated rings. The third-order valence-electron chi connectivity index (χ3n) is 3.65. The summed E-state index contributed by atoms with van der Waals surface area (Å²) in [7, 11) is 0. The quantitative estimate of drug-likeness (QED) is 0.767. The van der Waals surface area contributed by atoms with Gasteiger partial charge < -0.3 is 18.9 Å².